The minimum absolute atomic E-state index is 0. The largest absolute Gasteiger partial charge is 1.00 e. The number of esters is 2. The van der Waals surface area contributed by atoms with E-state index < -0.39 is 24.0 Å². The van der Waals surface area contributed by atoms with E-state index in [4.69, 9.17) is 20.9 Å². The van der Waals surface area contributed by atoms with Crippen molar-refractivity contribution in [2.75, 3.05) is 25.7 Å². The fourth-order valence-electron chi connectivity index (χ4n) is 7.04. The van der Waals surface area contributed by atoms with Crippen molar-refractivity contribution in [3.05, 3.63) is 70.8 Å². The van der Waals surface area contributed by atoms with Gasteiger partial charge < -0.3 is 40.7 Å². The third kappa shape index (κ3) is 33.4. The Hall–Kier alpha value is -1.06. The number of methoxy groups -OCH3 is 2. The molecule has 14 heteroatoms. The van der Waals surface area contributed by atoms with Gasteiger partial charge in [-0.2, -0.15) is 23.5 Å². The smallest absolute Gasteiger partial charge is 0.548 e. The maximum absolute atomic E-state index is 11.3. The van der Waals surface area contributed by atoms with Gasteiger partial charge in [-0.05, 0) is 73.6 Å². The number of thioether (sulfide) groups is 2. The maximum Gasteiger partial charge on any atom is 1.00 e. The van der Waals surface area contributed by atoms with Gasteiger partial charge in [0.1, 0.15) is 0 Å². The Morgan fingerprint density at radius 3 is 1.11 bits per heavy atom. The van der Waals surface area contributed by atoms with Crippen molar-refractivity contribution in [3.8, 4) is 0 Å². The summed E-state index contributed by atoms with van der Waals surface area (Å²) in [6, 6.07) is 15.4. The molecule has 0 aliphatic rings. The van der Waals surface area contributed by atoms with Gasteiger partial charge in [0, 0.05) is 34.8 Å². The van der Waals surface area contributed by atoms with E-state index in [0.717, 1.165) is 51.4 Å². The number of nitrogens with two attached hydrogens (primary N) is 2. The first-order valence-corrected chi connectivity index (χ1v) is 25.5. The molecule has 0 saturated carbocycles. The molecule has 2 aromatic rings. The normalized spacial score (nSPS) is 12.6. The average molecular weight is 947 g/mol. The summed E-state index contributed by atoms with van der Waals surface area (Å²) in [4.78, 5) is 44.5. The zero-order chi connectivity index (χ0) is 45.8. The van der Waals surface area contributed by atoms with Gasteiger partial charge in [-0.3, -0.25) is 9.59 Å². The Bertz CT molecular complexity index is 1360. The molecule has 0 heterocycles. The van der Waals surface area contributed by atoms with E-state index in [1.165, 1.54) is 126 Å². The Morgan fingerprint density at radius 1 is 0.500 bits per heavy atom. The van der Waals surface area contributed by atoms with Crippen molar-refractivity contribution in [2.45, 2.75) is 191 Å². The minimum atomic E-state index is -1.22. The molecule has 0 saturated heterocycles. The van der Waals surface area contributed by atoms with Crippen molar-refractivity contribution in [1.82, 2.24) is 0 Å². The molecule has 0 amide bonds. The molecule has 0 fully saturated rings. The Balaban J connectivity index is 0. The fourth-order valence-corrected chi connectivity index (χ4v) is 9.56. The first kappa shape index (κ1) is 65.0. The molecular weight excluding hydrogens is 867 g/mol. The second-order valence-corrected chi connectivity index (χ2v) is 18.8. The van der Waals surface area contributed by atoms with Gasteiger partial charge >= 0.3 is 71.1 Å². The minimum Gasteiger partial charge on any atom is -0.548 e. The van der Waals surface area contributed by atoms with E-state index in [1.54, 1.807) is 23.5 Å². The number of carboxylic acids is 2. The van der Waals surface area contributed by atoms with Crippen LogP contribution in [0.2, 0.25) is 0 Å². The van der Waals surface area contributed by atoms with Crippen LogP contribution in [0.5, 0.6) is 0 Å². The predicted octanol–water partition coefficient (Wildman–Crippen LogP) is 3.14. The molecule has 4 atom stereocenters. The number of aryl methyl sites for hydroxylation is 2. The van der Waals surface area contributed by atoms with Crippen LogP contribution in [0.3, 0.4) is 0 Å². The van der Waals surface area contributed by atoms with Crippen molar-refractivity contribution < 1.29 is 98.0 Å². The number of carbonyl (C=O) groups is 4. The van der Waals surface area contributed by atoms with Crippen LogP contribution in [0, 0.1) is 0 Å². The zero-order valence-corrected chi connectivity index (χ0v) is 46.2. The summed E-state index contributed by atoms with van der Waals surface area (Å²) >= 11 is 3.10. The molecule has 0 spiro atoms. The van der Waals surface area contributed by atoms with E-state index in [0.29, 0.717) is 24.3 Å². The van der Waals surface area contributed by atoms with Gasteiger partial charge in [-0.1, -0.05) is 152 Å². The number of aliphatic carboxylic acids is 2. The Kier molecular flexibility index (Phi) is 43.9. The van der Waals surface area contributed by atoms with Crippen LogP contribution >= 0.6 is 23.5 Å². The van der Waals surface area contributed by atoms with Crippen LogP contribution in [0.1, 0.15) is 188 Å². The van der Waals surface area contributed by atoms with Crippen molar-refractivity contribution >= 4 is 47.4 Å². The molecule has 4 N–H and O–H groups in total. The van der Waals surface area contributed by atoms with Crippen LogP contribution in [0.15, 0.2) is 48.5 Å². The Morgan fingerprint density at radius 2 is 0.812 bits per heavy atom. The van der Waals surface area contributed by atoms with E-state index >= 15 is 0 Å². The summed E-state index contributed by atoms with van der Waals surface area (Å²) < 4.78 is 9.38. The van der Waals surface area contributed by atoms with Crippen molar-refractivity contribution in [2.24, 2.45) is 11.5 Å². The SMILES string of the molecule is CCCCCCCCCc1ccc(C(CCCCC(=O)OC)SC[C@H](N)C(=O)[O-])cc1.CCCCCCCCCc1ccc(C(CCCCC(=O)OC)SC[C@H](N)C(=O)[O-])cc1.[Na+].[Na+]. The van der Waals surface area contributed by atoms with E-state index in [-0.39, 0.29) is 81.6 Å². The fraction of sp³-hybridized carbons (Fsp3) is 0.680. The molecular formula is C50H80N2Na2O8S2. The van der Waals surface area contributed by atoms with Gasteiger partial charge in [0.25, 0.3) is 0 Å². The summed E-state index contributed by atoms with van der Waals surface area (Å²) in [5.74, 6) is -2.21. The number of carboxylic acid groups (broad SMARTS) is 2. The predicted molar refractivity (Wildman–Crippen MR) is 254 cm³/mol. The maximum atomic E-state index is 11.3. The Labute approximate surface area is 440 Å². The molecule has 352 valence electrons. The number of hydrogen-bond donors (Lipinski definition) is 2. The molecule has 0 aromatic heterocycles. The molecule has 10 nitrogen and oxygen atoms in total. The summed E-state index contributed by atoms with van der Waals surface area (Å²) in [5.41, 5.74) is 16.3. The second kappa shape index (κ2) is 43.2. The summed E-state index contributed by atoms with van der Waals surface area (Å²) in [6.45, 7) is 4.49. The summed E-state index contributed by atoms with van der Waals surface area (Å²) in [6.07, 6.45) is 26.3. The number of unbranched alkanes of at least 4 members (excludes halogenated alkanes) is 14. The summed E-state index contributed by atoms with van der Waals surface area (Å²) in [7, 11) is 2.80. The standard InChI is InChI=1S/2C25H41NO4S.2Na/c2*1-3-4-5-6-7-8-9-12-20-15-17-21(18-16-20)23(31-19-22(26)25(28)29)13-10-11-14-24(27)30-2;;/h2*15-18,22-23H,3-14,19,26H2,1-2H3,(H,28,29);;/q;;2*+1/p-2/t2*22-,23?;;/m00../s1. The van der Waals surface area contributed by atoms with E-state index in [2.05, 4.69) is 62.4 Å². The number of rotatable bonds is 36. The van der Waals surface area contributed by atoms with Gasteiger partial charge in [0.05, 0.1) is 38.2 Å². The molecule has 0 aliphatic heterocycles. The van der Waals surface area contributed by atoms with Gasteiger partial charge in [-0.25, -0.2) is 0 Å². The molecule has 2 unspecified atom stereocenters. The quantitative estimate of drug-likeness (QED) is 0.0579. The second-order valence-electron chi connectivity index (χ2n) is 16.4. The number of carbonyl (C=O) groups excluding carboxylic acids is 4. The molecule has 2 rings (SSSR count). The first-order chi connectivity index (χ1) is 29.9. The summed E-state index contributed by atoms with van der Waals surface area (Å²) in [5, 5.41) is 22.2. The van der Waals surface area contributed by atoms with Crippen LogP contribution in [0.25, 0.3) is 0 Å². The zero-order valence-electron chi connectivity index (χ0n) is 40.6. The molecule has 0 radical (unpaired) electrons. The van der Waals surface area contributed by atoms with Gasteiger partial charge in [-0.15, -0.1) is 0 Å². The first-order valence-electron chi connectivity index (χ1n) is 23.4. The molecule has 0 aliphatic carbocycles. The van der Waals surface area contributed by atoms with Crippen LogP contribution in [-0.4, -0.2) is 61.7 Å². The van der Waals surface area contributed by atoms with Crippen LogP contribution in [0.4, 0.5) is 0 Å². The number of ether oxygens (including phenoxy) is 2. The number of benzene rings is 2. The van der Waals surface area contributed by atoms with Gasteiger partial charge in [0.15, 0.2) is 0 Å². The third-order valence-corrected chi connectivity index (χ3v) is 14.0. The average Bonchev–Trinajstić information content (AvgIpc) is 3.28. The molecule has 0 bridgehead atoms. The third-order valence-electron chi connectivity index (χ3n) is 11.1. The van der Waals surface area contributed by atoms with Gasteiger partial charge in [0.2, 0.25) is 0 Å². The molecule has 2 aromatic carbocycles. The van der Waals surface area contributed by atoms with Crippen LogP contribution in [-0.2, 0) is 41.5 Å². The number of hydrogen-bond acceptors (Lipinski definition) is 12. The van der Waals surface area contributed by atoms with E-state index in [1.807, 2.05) is 0 Å². The van der Waals surface area contributed by atoms with Crippen molar-refractivity contribution in [1.29, 1.82) is 0 Å². The monoisotopic (exact) mass is 947 g/mol. The topological polar surface area (TPSA) is 185 Å². The van der Waals surface area contributed by atoms with Crippen LogP contribution < -0.4 is 80.8 Å². The van der Waals surface area contributed by atoms with Crippen molar-refractivity contribution in [3.63, 3.8) is 0 Å². The molecule has 64 heavy (non-hydrogen) atoms. The van der Waals surface area contributed by atoms with E-state index in [9.17, 15) is 29.4 Å².